The van der Waals surface area contributed by atoms with E-state index in [1.54, 1.807) is 0 Å². The van der Waals surface area contributed by atoms with E-state index in [1.807, 2.05) is 0 Å². The third-order valence-electron chi connectivity index (χ3n) is 2.75. The summed E-state index contributed by atoms with van der Waals surface area (Å²) in [6.07, 6.45) is 11.4. The SMILES string of the molecule is CCCCCCCCCCCCS(=O)(=O)[O-].C[P+](C)(C)C. The van der Waals surface area contributed by atoms with E-state index in [4.69, 9.17) is 0 Å². The standard InChI is InChI=1S/C12H26O3S.C4H12P/c1-2-3-4-5-6-7-8-9-10-11-12-16(13,14)15;1-5(2,3)4/h2-12H2,1H3,(H,13,14,15);1-4H3/q;+1/p-1. The summed E-state index contributed by atoms with van der Waals surface area (Å²) in [7, 11) is -4.37. The molecule has 0 spiro atoms. The minimum absolute atomic E-state index is 0.191. The summed E-state index contributed by atoms with van der Waals surface area (Å²) in [4.78, 5) is 0. The van der Waals surface area contributed by atoms with Crippen LogP contribution in [0.1, 0.15) is 71.1 Å². The van der Waals surface area contributed by atoms with Gasteiger partial charge in [0.1, 0.15) is 0 Å². The van der Waals surface area contributed by atoms with Crippen LogP contribution >= 0.6 is 7.26 Å². The molecule has 0 saturated heterocycles. The van der Waals surface area contributed by atoms with Crippen molar-refractivity contribution in [1.29, 1.82) is 0 Å². The molecule has 0 atom stereocenters. The Morgan fingerprint density at radius 1 is 0.714 bits per heavy atom. The molecule has 0 aliphatic carbocycles. The second kappa shape index (κ2) is 14.0. The van der Waals surface area contributed by atoms with Gasteiger partial charge in [-0.15, -0.1) is 0 Å². The fraction of sp³-hybridized carbons (Fsp3) is 1.00. The van der Waals surface area contributed by atoms with Crippen molar-refractivity contribution in [1.82, 2.24) is 0 Å². The third-order valence-corrected chi connectivity index (χ3v) is 3.54. The predicted octanol–water partition coefficient (Wildman–Crippen LogP) is 4.98. The van der Waals surface area contributed by atoms with E-state index in [9.17, 15) is 13.0 Å². The highest BCUT2D eigenvalue weighted by atomic mass is 32.2. The Kier molecular flexibility index (Phi) is 15.7. The summed E-state index contributed by atoms with van der Waals surface area (Å²) in [5.41, 5.74) is 0. The molecule has 0 amide bonds. The molecule has 0 radical (unpaired) electrons. The molecule has 21 heavy (non-hydrogen) atoms. The van der Waals surface area contributed by atoms with Crippen LogP contribution in [0.4, 0.5) is 0 Å². The quantitative estimate of drug-likeness (QED) is 0.303. The van der Waals surface area contributed by atoms with Crippen LogP contribution in [0.15, 0.2) is 0 Å². The second-order valence-electron chi connectivity index (χ2n) is 7.13. The van der Waals surface area contributed by atoms with Gasteiger partial charge < -0.3 is 4.55 Å². The lowest BCUT2D eigenvalue weighted by molar-refractivity contribution is 0.459. The fourth-order valence-corrected chi connectivity index (χ4v) is 2.32. The highest BCUT2D eigenvalue weighted by molar-refractivity contribution is 7.85. The molecule has 0 N–H and O–H groups in total. The first kappa shape index (κ1) is 23.6. The van der Waals surface area contributed by atoms with Crippen LogP contribution in [-0.2, 0) is 10.1 Å². The van der Waals surface area contributed by atoms with Gasteiger partial charge in [0.25, 0.3) is 0 Å². The van der Waals surface area contributed by atoms with Gasteiger partial charge in [-0.1, -0.05) is 64.7 Å². The van der Waals surface area contributed by atoms with Crippen molar-refractivity contribution >= 4 is 17.4 Å². The first-order valence-electron chi connectivity index (χ1n) is 8.28. The molecule has 0 fully saturated rings. The Hall–Kier alpha value is 0.340. The Morgan fingerprint density at radius 2 is 1.00 bits per heavy atom. The molecule has 0 bridgehead atoms. The van der Waals surface area contributed by atoms with E-state index in [-0.39, 0.29) is 13.0 Å². The molecule has 5 heteroatoms. The lowest BCUT2D eigenvalue weighted by atomic mass is 10.1. The summed E-state index contributed by atoms with van der Waals surface area (Å²) in [5, 5.41) is 0. The summed E-state index contributed by atoms with van der Waals surface area (Å²) in [6, 6.07) is 0. The highest BCUT2D eigenvalue weighted by Crippen LogP contribution is 2.40. The zero-order valence-electron chi connectivity index (χ0n) is 14.9. The van der Waals surface area contributed by atoms with Gasteiger partial charge in [0.2, 0.25) is 0 Å². The monoisotopic (exact) mass is 340 g/mol. The Bertz CT molecular complexity index is 302. The largest absolute Gasteiger partial charge is 0.748 e. The average Bonchev–Trinajstić information content (AvgIpc) is 2.28. The van der Waals surface area contributed by atoms with Gasteiger partial charge in [0, 0.05) is 39.7 Å². The Morgan fingerprint density at radius 3 is 1.29 bits per heavy atom. The molecule has 0 aliphatic heterocycles. The molecule has 0 rings (SSSR count). The number of hydrogen-bond donors (Lipinski definition) is 0. The molecule has 3 nitrogen and oxygen atoms in total. The van der Waals surface area contributed by atoms with Crippen LogP contribution in [0.5, 0.6) is 0 Å². The number of rotatable bonds is 11. The summed E-state index contributed by atoms with van der Waals surface area (Å²) in [5.74, 6) is -0.191. The van der Waals surface area contributed by atoms with Gasteiger partial charge in [-0.3, -0.25) is 0 Å². The maximum atomic E-state index is 10.3. The molecular weight excluding hydrogens is 303 g/mol. The van der Waals surface area contributed by atoms with E-state index in [0.29, 0.717) is 6.42 Å². The summed E-state index contributed by atoms with van der Waals surface area (Å²) >= 11 is 0. The van der Waals surface area contributed by atoms with E-state index >= 15 is 0 Å². The smallest absolute Gasteiger partial charge is 0.0945 e. The van der Waals surface area contributed by atoms with Crippen molar-refractivity contribution in [3.05, 3.63) is 0 Å². The number of unbranched alkanes of at least 4 members (excludes halogenated alkanes) is 9. The van der Waals surface area contributed by atoms with Gasteiger partial charge in [-0.05, 0) is 6.42 Å². The first-order valence-corrected chi connectivity index (χ1v) is 13.4. The molecule has 0 aromatic heterocycles. The second-order valence-corrected chi connectivity index (χ2v) is 14.0. The average molecular weight is 341 g/mol. The van der Waals surface area contributed by atoms with Gasteiger partial charge in [-0.2, -0.15) is 0 Å². The van der Waals surface area contributed by atoms with Crippen molar-refractivity contribution in [3.63, 3.8) is 0 Å². The van der Waals surface area contributed by atoms with Gasteiger partial charge in [0.15, 0.2) is 0 Å². The lowest BCUT2D eigenvalue weighted by Gasteiger charge is -2.05. The Balaban J connectivity index is 0. The van der Waals surface area contributed by atoms with E-state index in [0.717, 1.165) is 12.8 Å². The molecule has 0 aromatic carbocycles. The van der Waals surface area contributed by atoms with E-state index < -0.39 is 10.1 Å². The number of hydrogen-bond acceptors (Lipinski definition) is 3. The van der Waals surface area contributed by atoms with Crippen molar-refractivity contribution in [2.24, 2.45) is 0 Å². The minimum atomic E-state index is -3.98. The maximum absolute atomic E-state index is 10.3. The lowest BCUT2D eigenvalue weighted by Crippen LogP contribution is -2.03. The van der Waals surface area contributed by atoms with Crippen molar-refractivity contribution in [2.75, 3.05) is 32.4 Å². The molecule has 0 unspecified atom stereocenters. The van der Waals surface area contributed by atoms with Crippen LogP contribution in [0, 0.1) is 0 Å². The normalized spacial score (nSPS) is 11.9. The minimum Gasteiger partial charge on any atom is -0.748 e. The fourth-order valence-electron chi connectivity index (χ4n) is 1.77. The first-order chi connectivity index (χ1) is 9.56. The van der Waals surface area contributed by atoms with Crippen LogP contribution in [-0.4, -0.2) is 45.4 Å². The van der Waals surface area contributed by atoms with Crippen LogP contribution < -0.4 is 0 Å². The van der Waals surface area contributed by atoms with Crippen molar-refractivity contribution in [2.45, 2.75) is 71.1 Å². The van der Waals surface area contributed by atoms with Gasteiger partial charge in [-0.25, -0.2) is 8.42 Å². The van der Waals surface area contributed by atoms with E-state index in [2.05, 4.69) is 33.6 Å². The Labute approximate surface area is 134 Å². The molecule has 130 valence electrons. The predicted molar refractivity (Wildman–Crippen MR) is 97.0 cm³/mol. The van der Waals surface area contributed by atoms with Crippen LogP contribution in [0.3, 0.4) is 0 Å². The van der Waals surface area contributed by atoms with Gasteiger partial charge in [0.05, 0.1) is 10.1 Å². The molecule has 0 aliphatic rings. The van der Waals surface area contributed by atoms with Gasteiger partial charge >= 0.3 is 0 Å². The highest BCUT2D eigenvalue weighted by Gasteiger charge is 2.03. The molecule has 0 aromatic rings. The maximum Gasteiger partial charge on any atom is 0.0945 e. The van der Waals surface area contributed by atoms with Crippen LogP contribution in [0.2, 0.25) is 0 Å². The van der Waals surface area contributed by atoms with Crippen LogP contribution in [0.25, 0.3) is 0 Å². The van der Waals surface area contributed by atoms with Crippen molar-refractivity contribution in [3.8, 4) is 0 Å². The molecule has 0 saturated carbocycles. The topological polar surface area (TPSA) is 57.2 Å². The van der Waals surface area contributed by atoms with E-state index in [1.165, 1.54) is 44.9 Å². The third kappa shape index (κ3) is 38.4. The molecule has 0 heterocycles. The summed E-state index contributed by atoms with van der Waals surface area (Å²) < 4.78 is 30.9. The van der Waals surface area contributed by atoms with Crippen molar-refractivity contribution < 1.29 is 13.0 Å². The molecular formula is C16H37O3PS. The summed E-state index contributed by atoms with van der Waals surface area (Å²) in [6.45, 7) is 11.4. The zero-order chi connectivity index (χ0) is 16.8. The zero-order valence-corrected chi connectivity index (χ0v) is 16.6.